The number of hydrogen-bond donors (Lipinski definition) is 3. The summed E-state index contributed by atoms with van der Waals surface area (Å²) >= 11 is 1.88. The molecule has 8 heteroatoms. The van der Waals surface area contributed by atoms with Gasteiger partial charge in [-0.15, -0.1) is 0 Å². The van der Waals surface area contributed by atoms with Gasteiger partial charge in [0.15, 0.2) is 5.78 Å². The maximum atomic E-state index is 13.3. The van der Waals surface area contributed by atoms with Crippen molar-refractivity contribution < 1.29 is 14.0 Å². The number of hydrogen-bond acceptors (Lipinski definition) is 5. The molecule has 0 saturated heterocycles. The Hall–Kier alpha value is -3.13. The van der Waals surface area contributed by atoms with Crippen molar-refractivity contribution in [2.75, 3.05) is 16.4 Å². The van der Waals surface area contributed by atoms with Crippen LogP contribution in [-0.4, -0.2) is 38.8 Å². The number of para-hydroxylation sites is 1. The van der Waals surface area contributed by atoms with Crippen molar-refractivity contribution in [3.8, 4) is 11.3 Å². The predicted molar refractivity (Wildman–Crippen MR) is 139 cm³/mol. The minimum Gasteiger partial charge on any atom is -0.356 e. The number of amides is 1. The number of nitrogens with one attached hydrogen (secondary N) is 3. The Morgan fingerprint density at radius 1 is 1.23 bits per heavy atom. The van der Waals surface area contributed by atoms with Crippen LogP contribution in [0.5, 0.6) is 0 Å². The average molecular weight is 493 g/mol. The van der Waals surface area contributed by atoms with E-state index in [1.54, 1.807) is 12.3 Å². The number of carbonyl (C=O) groups excluding carboxylic acids is 2. The second-order valence-electron chi connectivity index (χ2n) is 9.58. The number of aromatic nitrogens is 2. The summed E-state index contributed by atoms with van der Waals surface area (Å²) in [6.45, 7) is 4.35. The molecule has 0 bridgehead atoms. The maximum absolute atomic E-state index is 13.3. The zero-order chi connectivity index (χ0) is 24.5. The number of rotatable bonds is 8. The monoisotopic (exact) mass is 492 g/mol. The molecule has 3 atom stereocenters. The quantitative estimate of drug-likeness (QED) is 0.359. The third kappa shape index (κ3) is 5.27. The van der Waals surface area contributed by atoms with E-state index < -0.39 is 12.1 Å². The van der Waals surface area contributed by atoms with E-state index in [2.05, 4.69) is 34.4 Å². The summed E-state index contributed by atoms with van der Waals surface area (Å²) in [5, 5.41) is 6.70. The molecule has 2 aromatic heterocycles. The SMILES string of the molecule is CC(C)SCC1CC(=O)c2c([nH]c(-c3ccnc(NC(=O)[C@@H]4C[C@@H]4F)c3)c2Nc2ccccc2)C1. The van der Waals surface area contributed by atoms with E-state index in [0.29, 0.717) is 23.1 Å². The van der Waals surface area contributed by atoms with E-state index in [1.807, 2.05) is 48.2 Å². The Bertz CT molecular complexity index is 1240. The minimum absolute atomic E-state index is 0.131. The number of benzene rings is 1. The van der Waals surface area contributed by atoms with E-state index in [0.717, 1.165) is 40.5 Å². The van der Waals surface area contributed by atoms with Gasteiger partial charge < -0.3 is 15.6 Å². The van der Waals surface area contributed by atoms with Crippen LogP contribution in [-0.2, 0) is 11.2 Å². The maximum Gasteiger partial charge on any atom is 0.231 e. The third-order valence-corrected chi connectivity index (χ3v) is 7.71. The lowest BCUT2D eigenvalue weighted by atomic mass is 9.87. The van der Waals surface area contributed by atoms with Gasteiger partial charge in [-0.3, -0.25) is 9.59 Å². The molecule has 1 fully saturated rings. The van der Waals surface area contributed by atoms with Gasteiger partial charge in [0.2, 0.25) is 5.91 Å². The first kappa shape index (κ1) is 23.6. The fraction of sp³-hybridized carbons (Fsp3) is 0.370. The first-order valence-corrected chi connectivity index (χ1v) is 13.1. The van der Waals surface area contributed by atoms with Crippen LogP contribution in [0.25, 0.3) is 11.3 Å². The van der Waals surface area contributed by atoms with Gasteiger partial charge in [-0.05, 0) is 54.0 Å². The van der Waals surface area contributed by atoms with Crippen LogP contribution < -0.4 is 10.6 Å². The Kier molecular flexibility index (Phi) is 6.65. The summed E-state index contributed by atoms with van der Waals surface area (Å²) in [5.74, 6) is 0.788. The molecule has 1 saturated carbocycles. The number of thioether (sulfide) groups is 1. The van der Waals surface area contributed by atoms with Crippen LogP contribution in [0.3, 0.4) is 0 Å². The molecule has 2 aliphatic carbocycles. The summed E-state index contributed by atoms with van der Waals surface area (Å²) in [6, 6.07) is 13.3. The fourth-order valence-corrected chi connectivity index (χ4v) is 5.39. The van der Waals surface area contributed by atoms with Crippen molar-refractivity contribution in [3.63, 3.8) is 0 Å². The zero-order valence-electron chi connectivity index (χ0n) is 19.8. The predicted octanol–water partition coefficient (Wildman–Crippen LogP) is 6.00. The van der Waals surface area contributed by atoms with Crippen LogP contribution in [0.2, 0.25) is 0 Å². The second kappa shape index (κ2) is 9.85. The van der Waals surface area contributed by atoms with E-state index in [9.17, 15) is 14.0 Å². The summed E-state index contributed by atoms with van der Waals surface area (Å²) in [6.07, 6.45) is 2.14. The van der Waals surface area contributed by atoms with Gasteiger partial charge in [-0.1, -0.05) is 32.0 Å². The van der Waals surface area contributed by atoms with Gasteiger partial charge in [-0.2, -0.15) is 11.8 Å². The molecule has 1 aromatic carbocycles. The Morgan fingerprint density at radius 3 is 2.71 bits per heavy atom. The number of pyridine rings is 1. The molecule has 0 radical (unpaired) electrons. The number of Topliss-reactive ketones (excluding diaryl/α,β-unsaturated/α-hetero) is 1. The molecule has 3 N–H and O–H groups in total. The van der Waals surface area contributed by atoms with Gasteiger partial charge in [0, 0.05) is 29.6 Å². The van der Waals surface area contributed by atoms with E-state index in [-0.39, 0.29) is 24.0 Å². The topological polar surface area (TPSA) is 86.9 Å². The van der Waals surface area contributed by atoms with Crippen molar-refractivity contribution in [1.29, 1.82) is 0 Å². The van der Waals surface area contributed by atoms with Crippen molar-refractivity contribution >= 4 is 40.6 Å². The minimum atomic E-state index is -1.07. The summed E-state index contributed by atoms with van der Waals surface area (Å²) in [4.78, 5) is 33.3. The molecule has 35 heavy (non-hydrogen) atoms. The summed E-state index contributed by atoms with van der Waals surface area (Å²) in [7, 11) is 0. The van der Waals surface area contributed by atoms with Crippen LogP contribution >= 0.6 is 11.8 Å². The number of ketones is 1. The number of alkyl halides is 1. The Balaban J connectivity index is 1.49. The number of halogens is 1. The molecule has 5 rings (SSSR count). The number of anilines is 3. The zero-order valence-corrected chi connectivity index (χ0v) is 20.6. The third-order valence-electron chi connectivity index (χ3n) is 6.38. The number of nitrogens with zero attached hydrogens (tertiary/aromatic N) is 1. The number of H-pyrrole nitrogens is 1. The standard InChI is InChI=1S/C27H29FN4O2S/c1-15(2)35-14-16-10-21-24(22(33)11-16)26(30-18-6-4-3-5-7-18)25(31-21)17-8-9-29-23(12-17)32-27(34)19-13-20(19)28/h3-9,12,15-16,19-20,30-31H,10-11,13-14H2,1-2H3,(H,29,32,34)/t16?,19-,20+/m1/s1. The molecular weight excluding hydrogens is 463 g/mol. The lowest BCUT2D eigenvalue weighted by Crippen LogP contribution is -2.22. The van der Waals surface area contributed by atoms with Crippen LogP contribution in [0.1, 0.15) is 42.7 Å². The largest absolute Gasteiger partial charge is 0.356 e. The van der Waals surface area contributed by atoms with Crippen molar-refractivity contribution in [1.82, 2.24) is 9.97 Å². The normalized spacial score (nSPS) is 21.0. The van der Waals surface area contributed by atoms with E-state index >= 15 is 0 Å². The molecule has 3 aromatic rings. The highest BCUT2D eigenvalue weighted by Gasteiger charge is 2.43. The lowest BCUT2D eigenvalue weighted by molar-refractivity contribution is -0.117. The van der Waals surface area contributed by atoms with Gasteiger partial charge in [0.1, 0.15) is 12.0 Å². The van der Waals surface area contributed by atoms with Gasteiger partial charge in [-0.25, -0.2) is 9.37 Å². The molecule has 0 aliphatic heterocycles. The van der Waals surface area contributed by atoms with Crippen LogP contribution in [0, 0.1) is 11.8 Å². The number of aromatic amines is 1. The smallest absolute Gasteiger partial charge is 0.231 e. The molecule has 2 heterocycles. The van der Waals surface area contributed by atoms with Crippen molar-refractivity contribution in [2.24, 2.45) is 11.8 Å². The summed E-state index contributed by atoms with van der Waals surface area (Å²) in [5.41, 5.74) is 4.82. The van der Waals surface area contributed by atoms with Crippen molar-refractivity contribution in [2.45, 2.75) is 44.5 Å². The lowest BCUT2D eigenvalue weighted by Gasteiger charge is -2.22. The Labute approximate surface area is 208 Å². The first-order chi connectivity index (χ1) is 16.9. The average Bonchev–Trinajstić information content (AvgIpc) is 3.46. The number of carbonyl (C=O) groups is 2. The fourth-order valence-electron chi connectivity index (χ4n) is 4.50. The molecule has 1 unspecified atom stereocenters. The van der Waals surface area contributed by atoms with E-state index in [1.165, 1.54) is 0 Å². The number of fused-ring (bicyclic) bond motifs is 1. The Morgan fingerprint density at radius 2 is 2.00 bits per heavy atom. The molecule has 182 valence electrons. The highest BCUT2D eigenvalue weighted by molar-refractivity contribution is 7.99. The van der Waals surface area contributed by atoms with Gasteiger partial charge >= 0.3 is 0 Å². The summed E-state index contributed by atoms with van der Waals surface area (Å²) < 4.78 is 13.3. The highest BCUT2D eigenvalue weighted by Crippen LogP contribution is 2.41. The molecule has 0 spiro atoms. The highest BCUT2D eigenvalue weighted by atomic mass is 32.2. The first-order valence-electron chi connectivity index (χ1n) is 12.0. The molecule has 2 aliphatic rings. The van der Waals surface area contributed by atoms with Crippen LogP contribution in [0.4, 0.5) is 21.6 Å². The second-order valence-corrected chi connectivity index (χ2v) is 11.2. The molecular formula is C27H29FN4O2S. The molecule has 6 nitrogen and oxygen atoms in total. The van der Waals surface area contributed by atoms with Gasteiger partial charge in [0.05, 0.1) is 22.9 Å². The van der Waals surface area contributed by atoms with Crippen LogP contribution in [0.15, 0.2) is 48.7 Å². The molecule has 1 amide bonds. The van der Waals surface area contributed by atoms with Crippen molar-refractivity contribution in [3.05, 3.63) is 59.9 Å². The van der Waals surface area contributed by atoms with E-state index in [4.69, 9.17) is 0 Å². The van der Waals surface area contributed by atoms with Gasteiger partial charge in [0.25, 0.3) is 0 Å².